The first kappa shape index (κ1) is 24.0. The van der Waals surface area contributed by atoms with Crippen LogP contribution in [0.2, 0.25) is 0 Å². The van der Waals surface area contributed by atoms with Crippen LogP contribution in [0, 0.1) is 0 Å². The van der Waals surface area contributed by atoms with Crippen molar-refractivity contribution in [1.82, 2.24) is 10.6 Å². The van der Waals surface area contributed by atoms with Crippen LogP contribution in [0.4, 0.5) is 4.79 Å². The molecule has 3 N–H and O–H groups in total. The van der Waals surface area contributed by atoms with Crippen molar-refractivity contribution in [3.05, 3.63) is 95.6 Å². The summed E-state index contributed by atoms with van der Waals surface area (Å²) in [5.74, 6) is -1.87. The molecule has 0 fully saturated rings. The number of carbonyl (C=O) groups excluding carboxylic acids is 2. The number of benzene rings is 3. The average Bonchev–Trinajstić information content (AvgIpc) is 3.16. The van der Waals surface area contributed by atoms with Gasteiger partial charge in [-0.3, -0.25) is 4.79 Å². The Balaban J connectivity index is 1.37. The number of rotatable bonds is 8. The largest absolute Gasteiger partial charge is 0.480 e. The van der Waals surface area contributed by atoms with Gasteiger partial charge in [0.2, 0.25) is 5.91 Å². The lowest BCUT2D eigenvalue weighted by Gasteiger charge is -2.27. The Morgan fingerprint density at radius 3 is 2.00 bits per heavy atom. The highest BCUT2D eigenvalue weighted by Crippen LogP contribution is 2.44. The van der Waals surface area contributed by atoms with Gasteiger partial charge < -0.3 is 20.5 Å². The zero-order valence-corrected chi connectivity index (χ0v) is 19.7. The third-order valence-electron chi connectivity index (χ3n) is 6.21. The Labute approximate surface area is 204 Å². The van der Waals surface area contributed by atoms with Gasteiger partial charge in [0.15, 0.2) is 0 Å². The summed E-state index contributed by atoms with van der Waals surface area (Å²) in [5.41, 5.74) is 3.81. The second kappa shape index (κ2) is 10.0. The first-order valence-electron chi connectivity index (χ1n) is 11.5. The van der Waals surface area contributed by atoms with Crippen molar-refractivity contribution in [3.8, 4) is 11.1 Å². The molecule has 3 aromatic rings. The molecule has 0 spiro atoms. The van der Waals surface area contributed by atoms with Crippen LogP contribution < -0.4 is 10.6 Å². The highest BCUT2D eigenvalue weighted by molar-refractivity contribution is 5.92. The molecule has 1 aliphatic carbocycles. The zero-order chi connectivity index (χ0) is 25.0. The Kier molecular flexibility index (Phi) is 6.87. The highest BCUT2D eigenvalue weighted by atomic mass is 16.5. The molecule has 0 saturated heterocycles. The number of hydrogen-bond donors (Lipinski definition) is 3. The maximum Gasteiger partial charge on any atom is 0.408 e. The minimum atomic E-state index is -1.38. The number of fused-ring (bicyclic) bond motifs is 3. The van der Waals surface area contributed by atoms with E-state index in [9.17, 15) is 19.5 Å². The van der Waals surface area contributed by atoms with E-state index in [-0.39, 0.29) is 18.9 Å². The van der Waals surface area contributed by atoms with Gasteiger partial charge in [0.1, 0.15) is 18.2 Å². The summed E-state index contributed by atoms with van der Waals surface area (Å²) in [5, 5.41) is 14.7. The van der Waals surface area contributed by atoms with Crippen molar-refractivity contribution in [2.75, 3.05) is 6.61 Å². The molecule has 0 heterocycles. The number of hydrogen-bond acceptors (Lipinski definition) is 4. The SMILES string of the molecule is CC(C)(NC(=O)OCC1c2ccccc2-c2ccccc21)C(=O)NC(Cc1ccccc1)C(=O)O. The van der Waals surface area contributed by atoms with Gasteiger partial charge in [0.05, 0.1) is 0 Å². The van der Waals surface area contributed by atoms with Crippen LogP contribution in [-0.2, 0) is 20.7 Å². The third-order valence-corrected chi connectivity index (χ3v) is 6.21. The van der Waals surface area contributed by atoms with Crippen LogP contribution in [0.1, 0.15) is 36.5 Å². The van der Waals surface area contributed by atoms with Crippen LogP contribution in [0.15, 0.2) is 78.9 Å². The molecule has 7 nitrogen and oxygen atoms in total. The summed E-state index contributed by atoms with van der Waals surface area (Å²) in [4.78, 5) is 37.2. The molecule has 0 bridgehead atoms. The Morgan fingerprint density at radius 2 is 1.43 bits per heavy atom. The van der Waals surface area contributed by atoms with Crippen molar-refractivity contribution >= 4 is 18.0 Å². The minimum absolute atomic E-state index is 0.104. The molecule has 0 aliphatic heterocycles. The van der Waals surface area contributed by atoms with E-state index in [1.165, 1.54) is 13.8 Å². The number of carboxylic acids is 1. The molecule has 0 radical (unpaired) electrons. The average molecular weight is 473 g/mol. The maximum atomic E-state index is 12.8. The van der Waals surface area contributed by atoms with Gasteiger partial charge in [-0.1, -0.05) is 78.9 Å². The molecule has 2 amide bonds. The van der Waals surface area contributed by atoms with E-state index in [0.29, 0.717) is 0 Å². The fourth-order valence-corrected chi connectivity index (χ4v) is 4.33. The Hall–Kier alpha value is -4.13. The van der Waals surface area contributed by atoms with Crippen molar-refractivity contribution in [2.45, 2.75) is 37.8 Å². The molecule has 1 unspecified atom stereocenters. The molecule has 1 aliphatic rings. The predicted octanol–water partition coefficient (Wildman–Crippen LogP) is 4.12. The standard InChI is InChI=1S/C28H28N2O5/c1-28(2,26(33)29-24(25(31)32)16-18-10-4-3-5-11-18)30-27(34)35-17-23-21-14-8-6-12-19(21)20-13-7-9-15-22(20)23/h3-15,23-24H,16-17H2,1-2H3,(H,29,33)(H,30,34)(H,31,32). The normalized spacial score (nSPS) is 13.3. The summed E-state index contributed by atoms with van der Waals surface area (Å²) < 4.78 is 5.53. The molecule has 0 aromatic heterocycles. The van der Waals surface area contributed by atoms with E-state index in [2.05, 4.69) is 22.8 Å². The summed E-state index contributed by atoms with van der Waals surface area (Å²) in [6, 6.07) is 23.9. The van der Waals surface area contributed by atoms with Crippen molar-refractivity contribution < 1.29 is 24.2 Å². The third kappa shape index (κ3) is 5.35. The Morgan fingerprint density at radius 1 is 0.886 bits per heavy atom. The lowest BCUT2D eigenvalue weighted by Crippen LogP contribution is -2.58. The van der Waals surface area contributed by atoms with E-state index in [0.717, 1.165) is 27.8 Å². The van der Waals surface area contributed by atoms with E-state index < -0.39 is 29.6 Å². The molecule has 1 atom stereocenters. The van der Waals surface area contributed by atoms with Crippen LogP contribution in [0.25, 0.3) is 11.1 Å². The summed E-state index contributed by atoms with van der Waals surface area (Å²) in [6.07, 6.45) is -0.620. The van der Waals surface area contributed by atoms with E-state index in [4.69, 9.17) is 4.74 Å². The number of carbonyl (C=O) groups is 3. The minimum Gasteiger partial charge on any atom is -0.480 e. The second-order valence-corrected chi connectivity index (χ2v) is 9.13. The van der Waals surface area contributed by atoms with E-state index in [1.54, 1.807) is 24.3 Å². The van der Waals surface area contributed by atoms with Gasteiger partial charge in [-0.25, -0.2) is 9.59 Å². The Bertz CT molecular complexity index is 1190. The highest BCUT2D eigenvalue weighted by Gasteiger charge is 2.34. The predicted molar refractivity (Wildman–Crippen MR) is 132 cm³/mol. The molecular formula is C28H28N2O5. The number of alkyl carbamates (subject to hydrolysis) is 1. The van der Waals surface area contributed by atoms with Gasteiger partial charge in [0, 0.05) is 12.3 Å². The lowest BCUT2D eigenvalue weighted by atomic mass is 9.98. The number of carboxylic acid groups (broad SMARTS) is 1. The van der Waals surface area contributed by atoms with Crippen molar-refractivity contribution in [3.63, 3.8) is 0 Å². The molecule has 3 aromatic carbocycles. The number of ether oxygens (including phenoxy) is 1. The smallest absolute Gasteiger partial charge is 0.408 e. The summed E-state index contributed by atoms with van der Waals surface area (Å²) >= 11 is 0. The molecule has 4 rings (SSSR count). The monoisotopic (exact) mass is 472 g/mol. The van der Waals surface area contributed by atoms with E-state index >= 15 is 0 Å². The van der Waals surface area contributed by atoms with Crippen molar-refractivity contribution in [1.29, 1.82) is 0 Å². The quantitative estimate of drug-likeness (QED) is 0.458. The fraction of sp³-hybridized carbons (Fsp3) is 0.250. The first-order valence-corrected chi connectivity index (χ1v) is 11.5. The number of aliphatic carboxylic acids is 1. The summed E-state index contributed by atoms with van der Waals surface area (Å²) in [7, 11) is 0. The first-order chi connectivity index (χ1) is 16.8. The van der Waals surface area contributed by atoms with Crippen LogP contribution >= 0.6 is 0 Å². The van der Waals surface area contributed by atoms with Gasteiger partial charge in [-0.2, -0.15) is 0 Å². The second-order valence-electron chi connectivity index (χ2n) is 9.13. The van der Waals surface area contributed by atoms with Crippen LogP contribution in [0.5, 0.6) is 0 Å². The zero-order valence-electron chi connectivity index (χ0n) is 19.7. The molecule has 180 valence electrons. The van der Waals surface area contributed by atoms with Gasteiger partial charge in [-0.15, -0.1) is 0 Å². The van der Waals surface area contributed by atoms with Crippen LogP contribution in [0.3, 0.4) is 0 Å². The van der Waals surface area contributed by atoms with Gasteiger partial charge in [-0.05, 0) is 41.7 Å². The van der Waals surface area contributed by atoms with Crippen LogP contribution in [-0.4, -0.2) is 41.3 Å². The fourth-order valence-electron chi connectivity index (χ4n) is 4.33. The molecule has 7 heteroatoms. The topological polar surface area (TPSA) is 105 Å². The number of nitrogens with one attached hydrogen (secondary N) is 2. The van der Waals surface area contributed by atoms with Gasteiger partial charge >= 0.3 is 12.1 Å². The summed E-state index contributed by atoms with van der Waals surface area (Å²) in [6.45, 7) is 3.12. The maximum absolute atomic E-state index is 12.8. The lowest BCUT2D eigenvalue weighted by molar-refractivity contribution is -0.142. The molecule has 0 saturated carbocycles. The van der Waals surface area contributed by atoms with Gasteiger partial charge in [0.25, 0.3) is 0 Å². The van der Waals surface area contributed by atoms with Crippen molar-refractivity contribution in [2.24, 2.45) is 0 Å². The molecule has 35 heavy (non-hydrogen) atoms. The number of amides is 2. The van der Waals surface area contributed by atoms with E-state index in [1.807, 2.05) is 42.5 Å². The molecular weight excluding hydrogens is 444 g/mol.